The summed E-state index contributed by atoms with van der Waals surface area (Å²) in [6, 6.07) is 0. The molecular weight excluding hydrogens is 206 g/mol. The molecule has 0 aliphatic carbocycles. The summed E-state index contributed by atoms with van der Waals surface area (Å²) in [7, 11) is 0. The maximum atomic E-state index is 12.0. The average molecular weight is 210 g/mol. The standard InChI is InChI=1S/C5H4F6O2/c6-3(7)5(10,11)1-2(12)13-4(8)9/h3-4H,1H2. The molecule has 0 aromatic heterocycles. The van der Waals surface area contributed by atoms with Crippen LogP contribution in [0.2, 0.25) is 0 Å². The lowest BCUT2D eigenvalue weighted by molar-refractivity contribution is -0.192. The summed E-state index contributed by atoms with van der Waals surface area (Å²) in [5, 5.41) is 0. The zero-order valence-corrected chi connectivity index (χ0v) is 5.95. The van der Waals surface area contributed by atoms with Crippen molar-refractivity contribution in [3.8, 4) is 0 Å². The number of hydrogen-bond donors (Lipinski definition) is 0. The van der Waals surface area contributed by atoms with E-state index in [0.717, 1.165) is 0 Å². The Labute approximate surface area is 68.5 Å². The molecule has 0 aliphatic heterocycles. The fourth-order valence-electron chi connectivity index (χ4n) is 0.411. The highest BCUT2D eigenvalue weighted by Crippen LogP contribution is 2.27. The molecule has 0 saturated carbocycles. The van der Waals surface area contributed by atoms with E-state index >= 15 is 0 Å². The summed E-state index contributed by atoms with van der Waals surface area (Å²) in [6.45, 7) is -3.58. The number of carbonyl (C=O) groups excluding carboxylic acids is 1. The van der Waals surface area contributed by atoms with Gasteiger partial charge in [0.1, 0.15) is 6.42 Å². The average Bonchev–Trinajstić information content (AvgIpc) is 1.82. The van der Waals surface area contributed by atoms with Crippen LogP contribution in [-0.4, -0.2) is 24.9 Å². The molecule has 0 atom stereocenters. The topological polar surface area (TPSA) is 26.3 Å². The molecule has 0 N–H and O–H groups in total. The first kappa shape index (κ1) is 12.0. The molecule has 0 unspecified atom stereocenters. The summed E-state index contributed by atoms with van der Waals surface area (Å²) < 4.78 is 72.0. The lowest BCUT2D eigenvalue weighted by Gasteiger charge is -2.13. The monoisotopic (exact) mass is 210 g/mol. The molecule has 2 nitrogen and oxygen atoms in total. The number of esters is 1. The van der Waals surface area contributed by atoms with E-state index in [0.29, 0.717) is 0 Å². The molecule has 0 rings (SSSR count). The van der Waals surface area contributed by atoms with Crippen LogP contribution < -0.4 is 0 Å². The zero-order chi connectivity index (χ0) is 10.6. The highest BCUT2D eigenvalue weighted by Gasteiger charge is 2.43. The van der Waals surface area contributed by atoms with Crippen molar-refractivity contribution in [2.75, 3.05) is 0 Å². The van der Waals surface area contributed by atoms with Crippen LogP contribution in [0, 0.1) is 0 Å². The quantitative estimate of drug-likeness (QED) is 0.524. The van der Waals surface area contributed by atoms with Gasteiger partial charge in [-0.1, -0.05) is 0 Å². The number of rotatable bonds is 4. The number of ether oxygens (including phenoxy) is 1. The van der Waals surface area contributed by atoms with Crippen molar-refractivity contribution in [3.63, 3.8) is 0 Å². The lowest BCUT2D eigenvalue weighted by atomic mass is 10.2. The van der Waals surface area contributed by atoms with E-state index in [1.165, 1.54) is 0 Å². The van der Waals surface area contributed by atoms with Crippen molar-refractivity contribution in [3.05, 3.63) is 0 Å². The Morgan fingerprint density at radius 2 is 1.69 bits per heavy atom. The minimum absolute atomic E-state index is 2.06. The van der Waals surface area contributed by atoms with E-state index in [9.17, 15) is 31.1 Å². The first-order valence-corrected chi connectivity index (χ1v) is 2.89. The molecule has 8 heteroatoms. The number of hydrogen-bond acceptors (Lipinski definition) is 2. The van der Waals surface area contributed by atoms with Crippen molar-refractivity contribution >= 4 is 5.97 Å². The van der Waals surface area contributed by atoms with Gasteiger partial charge in [0.25, 0.3) is 0 Å². The second-order valence-electron chi connectivity index (χ2n) is 1.99. The van der Waals surface area contributed by atoms with E-state index in [1.54, 1.807) is 0 Å². The van der Waals surface area contributed by atoms with Crippen LogP contribution in [0.4, 0.5) is 26.3 Å². The number of alkyl halides is 6. The van der Waals surface area contributed by atoms with Crippen LogP contribution in [0.25, 0.3) is 0 Å². The predicted octanol–water partition coefficient (Wildman–Crippen LogP) is 2.04. The first-order chi connectivity index (χ1) is 5.75. The third-order valence-electron chi connectivity index (χ3n) is 0.920. The second-order valence-corrected chi connectivity index (χ2v) is 1.99. The van der Waals surface area contributed by atoms with Crippen LogP contribution in [0.15, 0.2) is 0 Å². The van der Waals surface area contributed by atoms with E-state index in [1.807, 2.05) is 0 Å². The fraction of sp³-hybridized carbons (Fsp3) is 0.800. The van der Waals surface area contributed by atoms with Crippen LogP contribution in [0.3, 0.4) is 0 Å². The van der Waals surface area contributed by atoms with Gasteiger partial charge in [0.15, 0.2) is 0 Å². The Morgan fingerprint density at radius 3 is 2.00 bits per heavy atom. The second kappa shape index (κ2) is 4.33. The zero-order valence-electron chi connectivity index (χ0n) is 5.95. The van der Waals surface area contributed by atoms with Crippen molar-refractivity contribution in [2.24, 2.45) is 0 Å². The van der Waals surface area contributed by atoms with E-state index in [2.05, 4.69) is 4.74 Å². The Balaban J connectivity index is 4.05. The van der Waals surface area contributed by atoms with Crippen LogP contribution >= 0.6 is 0 Å². The van der Waals surface area contributed by atoms with Crippen molar-refractivity contribution in [1.82, 2.24) is 0 Å². The minimum Gasteiger partial charge on any atom is -0.403 e. The largest absolute Gasteiger partial charge is 0.403 e. The van der Waals surface area contributed by atoms with Gasteiger partial charge in [0.05, 0.1) is 0 Å². The number of halogens is 6. The summed E-state index contributed by atoms with van der Waals surface area (Å²) in [5.41, 5.74) is 0. The van der Waals surface area contributed by atoms with E-state index < -0.39 is 31.3 Å². The lowest BCUT2D eigenvalue weighted by Crippen LogP contribution is -2.31. The molecule has 78 valence electrons. The molecule has 0 radical (unpaired) electrons. The Morgan fingerprint density at radius 1 is 1.23 bits per heavy atom. The molecule has 0 amide bonds. The molecule has 0 heterocycles. The normalized spacial score (nSPS) is 12.3. The Kier molecular flexibility index (Phi) is 4.02. The Hall–Kier alpha value is -0.950. The summed E-state index contributed by atoms with van der Waals surface area (Å²) in [5.74, 6) is -6.70. The van der Waals surface area contributed by atoms with Gasteiger partial charge < -0.3 is 4.74 Å². The van der Waals surface area contributed by atoms with Gasteiger partial charge in [-0.05, 0) is 0 Å². The predicted molar refractivity (Wildman–Crippen MR) is 27.7 cm³/mol. The molecule has 13 heavy (non-hydrogen) atoms. The van der Waals surface area contributed by atoms with Gasteiger partial charge in [-0.3, -0.25) is 4.79 Å². The van der Waals surface area contributed by atoms with Crippen LogP contribution in [0.1, 0.15) is 6.42 Å². The van der Waals surface area contributed by atoms with Gasteiger partial charge in [0, 0.05) is 0 Å². The molecule has 0 aromatic rings. The smallest absolute Gasteiger partial charge is 0.389 e. The molecule has 0 bridgehead atoms. The molecule has 0 fully saturated rings. The maximum absolute atomic E-state index is 12.0. The minimum atomic E-state index is -4.63. The van der Waals surface area contributed by atoms with Gasteiger partial charge in [-0.15, -0.1) is 0 Å². The summed E-state index contributed by atoms with van der Waals surface area (Å²) >= 11 is 0. The van der Waals surface area contributed by atoms with E-state index in [4.69, 9.17) is 0 Å². The van der Waals surface area contributed by atoms with Crippen molar-refractivity contribution in [1.29, 1.82) is 0 Å². The highest BCUT2D eigenvalue weighted by atomic mass is 19.3. The van der Waals surface area contributed by atoms with Crippen molar-refractivity contribution < 1.29 is 35.9 Å². The van der Waals surface area contributed by atoms with Gasteiger partial charge in [-0.2, -0.15) is 17.6 Å². The number of carbonyl (C=O) groups is 1. The SMILES string of the molecule is O=C(CC(F)(F)C(F)F)OC(F)F. The van der Waals surface area contributed by atoms with Crippen LogP contribution in [-0.2, 0) is 9.53 Å². The maximum Gasteiger partial charge on any atom is 0.389 e. The Bertz CT molecular complexity index is 180. The molecular formula is C5H4F6O2. The summed E-state index contributed by atoms with van der Waals surface area (Å²) in [6.07, 6.45) is -6.15. The molecule has 0 saturated heterocycles. The third kappa shape index (κ3) is 4.58. The molecule has 0 aromatic carbocycles. The van der Waals surface area contributed by atoms with Crippen molar-refractivity contribution in [2.45, 2.75) is 25.4 Å². The molecule has 0 spiro atoms. The van der Waals surface area contributed by atoms with Gasteiger partial charge in [-0.25, -0.2) is 8.78 Å². The fourth-order valence-corrected chi connectivity index (χ4v) is 0.411. The van der Waals surface area contributed by atoms with Gasteiger partial charge in [0.2, 0.25) is 0 Å². The summed E-state index contributed by atoms with van der Waals surface area (Å²) in [4.78, 5) is 10.1. The van der Waals surface area contributed by atoms with E-state index in [-0.39, 0.29) is 0 Å². The van der Waals surface area contributed by atoms with Crippen LogP contribution in [0.5, 0.6) is 0 Å². The van der Waals surface area contributed by atoms with Gasteiger partial charge >= 0.3 is 24.9 Å². The third-order valence-corrected chi connectivity index (χ3v) is 0.920. The molecule has 0 aliphatic rings. The first-order valence-electron chi connectivity index (χ1n) is 2.89. The highest BCUT2D eigenvalue weighted by molar-refractivity contribution is 5.70.